The van der Waals surface area contributed by atoms with E-state index >= 15 is 0 Å². The zero-order valence-corrected chi connectivity index (χ0v) is 12.6. The van der Waals surface area contributed by atoms with Crippen molar-refractivity contribution in [1.29, 1.82) is 0 Å². The second-order valence-corrected chi connectivity index (χ2v) is 6.84. The minimum Gasteiger partial charge on any atom is -0.294 e. The van der Waals surface area contributed by atoms with E-state index in [1.165, 1.54) is 50.5 Å². The van der Waals surface area contributed by atoms with Gasteiger partial charge in [0.2, 0.25) is 0 Å². The fourth-order valence-electron chi connectivity index (χ4n) is 4.10. The summed E-state index contributed by atoms with van der Waals surface area (Å²) in [6.07, 6.45) is 10.3. The standard InChI is InChI=1S/C19H26O/c1-14-6-5-9-18(14)19(20)17-12-10-16(11-13-17)15-7-3-2-4-8-15/h10-15,18H,2-9H2,1H3. The molecule has 20 heavy (non-hydrogen) atoms. The van der Waals surface area contributed by atoms with Crippen molar-refractivity contribution < 1.29 is 4.79 Å². The molecule has 0 N–H and O–H groups in total. The van der Waals surface area contributed by atoms with Crippen molar-refractivity contribution in [3.8, 4) is 0 Å². The summed E-state index contributed by atoms with van der Waals surface area (Å²) in [6, 6.07) is 8.58. The van der Waals surface area contributed by atoms with Gasteiger partial charge < -0.3 is 0 Å². The van der Waals surface area contributed by atoms with Gasteiger partial charge in [-0.15, -0.1) is 0 Å². The molecular weight excluding hydrogens is 244 g/mol. The van der Waals surface area contributed by atoms with E-state index in [9.17, 15) is 4.79 Å². The van der Waals surface area contributed by atoms with E-state index in [0.29, 0.717) is 11.7 Å². The van der Waals surface area contributed by atoms with Gasteiger partial charge in [0, 0.05) is 11.5 Å². The average Bonchev–Trinajstić information content (AvgIpc) is 2.94. The number of ketones is 1. The highest BCUT2D eigenvalue weighted by Crippen LogP contribution is 2.35. The maximum Gasteiger partial charge on any atom is 0.166 e. The van der Waals surface area contributed by atoms with Crippen molar-refractivity contribution >= 4 is 5.78 Å². The van der Waals surface area contributed by atoms with Crippen LogP contribution in [0.1, 0.15) is 80.1 Å². The largest absolute Gasteiger partial charge is 0.294 e. The number of carbonyl (C=O) groups is 1. The molecule has 0 bridgehead atoms. The first-order valence-electron chi connectivity index (χ1n) is 8.40. The summed E-state index contributed by atoms with van der Waals surface area (Å²) < 4.78 is 0. The monoisotopic (exact) mass is 270 g/mol. The number of hydrogen-bond donors (Lipinski definition) is 0. The minimum absolute atomic E-state index is 0.274. The number of Topliss-reactive ketones (excluding diaryl/α,β-unsaturated/α-hetero) is 1. The van der Waals surface area contributed by atoms with Gasteiger partial charge in [0.25, 0.3) is 0 Å². The fourth-order valence-corrected chi connectivity index (χ4v) is 4.10. The highest BCUT2D eigenvalue weighted by atomic mass is 16.1. The molecule has 2 atom stereocenters. The summed E-state index contributed by atoms with van der Waals surface area (Å²) in [5.74, 6) is 1.96. The van der Waals surface area contributed by atoms with Crippen LogP contribution in [0.25, 0.3) is 0 Å². The van der Waals surface area contributed by atoms with Crippen LogP contribution in [0.4, 0.5) is 0 Å². The van der Waals surface area contributed by atoms with Crippen LogP contribution in [0.5, 0.6) is 0 Å². The molecule has 1 nitrogen and oxygen atoms in total. The lowest BCUT2D eigenvalue weighted by atomic mass is 9.83. The van der Waals surface area contributed by atoms with Crippen LogP contribution in [0, 0.1) is 11.8 Å². The van der Waals surface area contributed by atoms with Crippen LogP contribution in [-0.4, -0.2) is 5.78 Å². The molecule has 3 rings (SSSR count). The molecule has 2 unspecified atom stereocenters. The molecule has 1 aromatic carbocycles. The van der Waals surface area contributed by atoms with Crippen molar-refractivity contribution in [2.24, 2.45) is 11.8 Å². The predicted octanol–water partition coefficient (Wildman–Crippen LogP) is 5.35. The summed E-state index contributed by atoms with van der Waals surface area (Å²) in [6.45, 7) is 2.23. The number of benzene rings is 1. The first-order valence-corrected chi connectivity index (χ1v) is 8.40. The maximum absolute atomic E-state index is 12.5. The van der Waals surface area contributed by atoms with Crippen LogP contribution < -0.4 is 0 Å². The van der Waals surface area contributed by atoms with Gasteiger partial charge in [-0.05, 0) is 43.1 Å². The molecule has 0 spiro atoms. The van der Waals surface area contributed by atoms with Gasteiger partial charge in [-0.2, -0.15) is 0 Å². The van der Waals surface area contributed by atoms with E-state index in [-0.39, 0.29) is 5.92 Å². The highest BCUT2D eigenvalue weighted by molar-refractivity contribution is 5.98. The van der Waals surface area contributed by atoms with E-state index in [2.05, 4.69) is 31.2 Å². The quantitative estimate of drug-likeness (QED) is 0.676. The Bertz CT molecular complexity index is 453. The normalized spacial score (nSPS) is 27.6. The first kappa shape index (κ1) is 13.9. The van der Waals surface area contributed by atoms with Gasteiger partial charge in [0.1, 0.15) is 0 Å². The average molecular weight is 270 g/mol. The molecule has 0 heterocycles. The summed E-state index contributed by atoms with van der Waals surface area (Å²) in [5, 5.41) is 0. The molecule has 108 valence electrons. The van der Waals surface area contributed by atoms with E-state index in [1.54, 1.807) is 0 Å². The molecule has 0 amide bonds. The van der Waals surface area contributed by atoms with Crippen LogP contribution >= 0.6 is 0 Å². The van der Waals surface area contributed by atoms with Crippen molar-refractivity contribution in [3.63, 3.8) is 0 Å². The van der Waals surface area contributed by atoms with Crippen molar-refractivity contribution in [1.82, 2.24) is 0 Å². The summed E-state index contributed by atoms with van der Waals surface area (Å²) in [7, 11) is 0. The zero-order chi connectivity index (χ0) is 13.9. The molecule has 1 heteroatoms. The second-order valence-electron chi connectivity index (χ2n) is 6.84. The van der Waals surface area contributed by atoms with Crippen LogP contribution in [0.3, 0.4) is 0 Å². The Morgan fingerprint density at radius 2 is 1.60 bits per heavy atom. The summed E-state index contributed by atoms with van der Waals surface area (Å²) in [4.78, 5) is 12.5. The molecule has 1 aromatic rings. The van der Waals surface area contributed by atoms with E-state index in [0.717, 1.165) is 17.9 Å². The second kappa shape index (κ2) is 6.11. The van der Waals surface area contributed by atoms with Crippen LogP contribution in [0.2, 0.25) is 0 Å². The molecule has 0 aromatic heterocycles. The van der Waals surface area contributed by atoms with E-state index in [4.69, 9.17) is 0 Å². The van der Waals surface area contributed by atoms with Crippen molar-refractivity contribution in [2.75, 3.05) is 0 Å². The molecule has 0 saturated heterocycles. The SMILES string of the molecule is CC1CCCC1C(=O)c1ccc(C2CCCCC2)cc1. The Kier molecular flexibility index (Phi) is 4.24. The van der Waals surface area contributed by atoms with Crippen LogP contribution in [0.15, 0.2) is 24.3 Å². The van der Waals surface area contributed by atoms with Gasteiger partial charge in [0.15, 0.2) is 5.78 Å². The van der Waals surface area contributed by atoms with E-state index in [1.807, 2.05) is 0 Å². The molecule has 2 aliphatic rings. The molecule has 2 fully saturated rings. The Labute approximate surface area is 122 Å². The lowest BCUT2D eigenvalue weighted by Crippen LogP contribution is -2.17. The predicted molar refractivity (Wildman–Crippen MR) is 83.1 cm³/mol. The Morgan fingerprint density at radius 1 is 0.900 bits per heavy atom. The minimum atomic E-state index is 0.274. The lowest BCUT2D eigenvalue weighted by Gasteiger charge is -2.22. The molecule has 2 saturated carbocycles. The number of hydrogen-bond acceptors (Lipinski definition) is 1. The van der Waals surface area contributed by atoms with Gasteiger partial charge >= 0.3 is 0 Å². The van der Waals surface area contributed by atoms with Gasteiger partial charge in [-0.3, -0.25) is 4.79 Å². The molecule has 0 radical (unpaired) electrons. The summed E-state index contributed by atoms with van der Waals surface area (Å²) >= 11 is 0. The topological polar surface area (TPSA) is 17.1 Å². The smallest absolute Gasteiger partial charge is 0.166 e. The zero-order valence-electron chi connectivity index (χ0n) is 12.6. The molecule has 2 aliphatic carbocycles. The Morgan fingerprint density at radius 3 is 2.20 bits per heavy atom. The maximum atomic E-state index is 12.5. The molecule has 0 aliphatic heterocycles. The van der Waals surface area contributed by atoms with Crippen molar-refractivity contribution in [2.45, 2.75) is 64.2 Å². The van der Waals surface area contributed by atoms with Crippen molar-refractivity contribution in [3.05, 3.63) is 35.4 Å². The third-order valence-electron chi connectivity index (χ3n) is 5.47. The number of carbonyl (C=O) groups excluding carboxylic acids is 1. The summed E-state index contributed by atoms with van der Waals surface area (Å²) in [5.41, 5.74) is 2.38. The Hall–Kier alpha value is -1.11. The highest BCUT2D eigenvalue weighted by Gasteiger charge is 2.30. The van der Waals surface area contributed by atoms with Crippen LogP contribution in [-0.2, 0) is 0 Å². The molecular formula is C19H26O. The lowest BCUT2D eigenvalue weighted by molar-refractivity contribution is 0.0897. The third-order valence-corrected chi connectivity index (χ3v) is 5.47. The Balaban J connectivity index is 1.70. The number of rotatable bonds is 3. The fraction of sp³-hybridized carbons (Fsp3) is 0.632. The van der Waals surface area contributed by atoms with Gasteiger partial charge in [-0.1, -0.05) is 56.9 Å². The van der Waals surface area contributed by atoms with Gasteiger partial charge in [-0.25, -0.2) is 0 Å². The third kappa shape index (κ3) is 2.82. The van der Waals surface area contributed by atoms with Gasteiger partial charge in [0.05, 0.1) is 0 Å². The van der Waals surface area contributed by atoms with E-state index < -0.39 is 0 Å². The first-order chi connectivity index (χ1) is 9.75.